The van der Waals surface area contributed by atoms with Crippen LogP contribution in [-0.2, 0) is 10.0 Å². The van der Waals surface area contributed by atoms with Crippen molar-refractivity contribution in [3.8, 4) is 0 Å². The molecule has 2 aromatic rings. The number of hydrogen-bond acceptors (Lipinski definition) is 4. The van der Waals surface area contributed by atoms with Crippen molar-refractivity contribution in [3.05, 3.63) is 34.2 Å². The minimum absolute atomic E-state index is 0.137. The molecule has 0 saturated carbocycles. The van der Waals surface area contributed by atoms with Gasteiger partial charge in [0.2, 0.25) is 10.0 Å². The molecular formula is C15H20N4O4S. The molecule has 0 atom stereocenters. The summed E-state index contributed by atoms with van der Waals surface area (Å²) in [5, 5.41) is 0. The second kappa shape index (κ2) is 6.40. The molecule has 0 bridgehead atoms. The van der Waals surface area contributed by atoms with E-state index < -0.39 is 10.0 Å². The lowest BCUT2D eigenvalue weighted by Gasteiger charge is -2.34. The highest BCUT2D eigenvalue weighted by atomic mass is 32.2. The van der Waals surface area contributed by atoms with Gasteiger partial charge in [0.25, 0.3) is 5.91 Å². The summed E-state index contributed by atoms with van der Waals surface area (Å²) < 4.78 is 25.6. The summed E-state index contributed by atoms with van der Waals surface area (Å²) >= 11 is 0. The summed E-state index contributed by atoms with van der Waals surface area (Å²) in [5.41, 5.74) is 1.38. The molecule has 1 amide bonds. The normalized spacial score (nSPS) is 16.6. The summed E-state index contributed by atoms with van der Waals surface area (Å²) in [6, 6.07) is 4.98. The third kappa shape index (κ3) is 3.22. The molecule has 1 aromatic carbocycles. The van der Waals surface area contributed by atoms with Gasteiger partial charge in [-0.2, -0.15) is 4.31 Å². The van der Waals surface area contributed by atoms with Crippen molar-refractivity contribution < 1.29 is 13.2 Å². The van der Waals surface area contributed by atoms with Crippen LogP contribution in [0.1, 0.15) is 23.7 Å². The summed E-state index contributed by atoms with van der Waals surface area (Å²) in [6.07, 6.45) is 0.580. The number of imidazole rings is 1. The van der Waals surface area contributed by atoms with E-state index in [0.29, 0.717) is 49.2 Å². The Morgan fingerprint density at radius 1 is 1.12 bits per heavy atom. The van der Waals surface area contributed by atoms with Gasteiger partial charge in [0.05, 0.1) is 16.8 Å². The molecule has 0 spiro atoms. The van der Waals surface area contributed by atoms with E-state index in [0.717, 1.165) is 0 Å². The molecule has 130 valence electrons. The number of H-pyrrole nitrogens is 2. The Hall–Kier alpha value is -2.13. The topological polar surface area (TPSA) is 106 Å². The zero-order valence-electron chi connectivity index (χ0n) is 13.4. The van der Waals surface area contributed by atoms with E-state index in [9.17, 15) is 18.0 Å². The summed E-state index contributed by atoms with van der Waals surface area (Å²) in [6.45, 7) is 3.19. The average molecular weight is 352 g/mol. The SMILES string of the molecule is CCCS(=O)(=O)N1CCN(C(=O)c2ccc3[nH]c(=O)[nH]c3c2)CC1. The van der Waals surface area contributed by atoms with Crippen molar-refractivity contribution in [2.24, 2.45) is 0 Å². The Bertz CT molecular complexity index is 907. The molecular weight excluding hydrogens is 332 g/mol. The molecule has 0 radical (unpaired) electrons. The van der Waals surface area contributed by atoms with Gasteiger partial charge in [-0.15, -0.1) is 0 Å². The Labute approximate surface area is 139 Å². The molecule has 1 fully saturated rings. The van der Waals surface area contributed by atoms with Crippen LogP contribution in [-0.4, -0.2) is 65.4 Å². The predicted molar refractivity (Wildman–Crippen MR) is 90.5 cm³/mol. The highest BCUT2D eigenvalue weighted by molar-refractivity contribution is 7.89. The van der Waals surface area contributed by atoms with Crippen molar-refractivity contribution >= 4 is 27.0 Å². The number of benzene rings is 1. The Balaban J connectivity index is 1.71. The average Bonchev–Trinajstić information content (AvgIpc) is 2.93. The predicted octanol–water partition coefficient (Wildman–Crippen LogP) is 0.354. The molecule has 3 rings (SSSR count). The van der Waals surface area contributed by atoms with Crippen molar-refractivity contribution in [1.82, 2.24) is 19.2 Å². The molecule has 1 aliphatic heterocycles. The maximum absolute atomic E-state index is 12.6. The number of aromatic nitrogens is 2. The van der Waals surface area contributed by atoms with Crippen LogP contribution in [0.15, 0.2) is 23.0 Å². The van der Waals surface area contributed by atoms with Crippen LogP contribution in [0.25, 0.3) is 11.0 Å². The maximum atomic E-state index is 12.6. The highest BCUT2D eigenvalue weighted by Crippen LogP contribution is 2.15. The second-order valence-electron chi connectivity index (χ2n) is 5.85. The maximum Gasteiger partial charge on any atom is 0.323 e. The number of amides is 1. The molecule has 9 heteroatoms. The van der Waals surface area contributed by atoms with E-state index in [-0.39, 0.29) is 17.3 Å². The van der Waals surface area contributed by atoms with Crippen LogP contribution in [0.4, 0.5) is 0 Å². The van der Waals surface area contributed by atoms with Gasteiger partial charge in [-0.05, 0) is 24.6 Å². The van der Waals surface area contributed by atoms with Crippen LogP contribution in [0.3, 0.4) is 0 Å². The smallest absolute Gasteiger partial charge is 0.323 e. The minimum Gasteiger partial charge on any atom is -0.336 e. The van der Waals surface area contributed by atoms with Gasteiger partial charge in [0.15, 0.2) is 0 Å². The van der Waals surface area contributed by atoms with Gasteiger partial charge >= 0.3 is 5.69 Å². The fourth-order valence-corrected chi connectivity index (χ4v) is 4.40. The van der Waals surface area contributed by atoms with Crippen LogP contribution >= 0.6 is 0 Å². The lowest BCUT2D eigenvalue weighted by atomic mass is 10.1. The number of sulfonamides is 1. The number of aromatic amines is 2. The van der Waals surface area contributed by atoms with Crippen LogP contribution in [0.5, 0.6) is 0 Å². The van der Waals surface area contributed by atoms with E-state index in [1.165, 1.54) is 4.31 Å². The van der Waals surface area contributed by atoms with Crippen molar-refractivity contribution in [1.29, 1.82) is 0 Å². The standard InChI is InChI=1S/C15H20N4O4S/c1-2-9-24(22,23)19-7-5-18(6-8-19)14(20)11-3-4-12-13(10-11)17-15(21)16-12/h3-4,10H,2,5-9H2,1H3,(H2,16,17,21). The molecule has 1 aliphatic rings. The fraction of sp³-hybridized carbons (Fsp3) is 0.467. The Kier molecular flexibility index (Phi) is 4.46. The van der Waals surface area contributed by atoms with Crippen molar-refractivity contribution in [2.45, 2.75) is 13.3 Å². The first-order valence-electron chi connectivity index (χ1n) is 7.90. The number of piperazine rings is 1. The van der Waals surface area contributed by atoms with Crippen LogP contribution in [0, 0.1) is 0 Å². The molecule has 2 N–H and O–H groups in total. The number of nitrogens with one attached hydrogen (secondary N) is 2. The van der Waals surface area contributed by atoms with Crippen LogP contribution < -0.4 is 5.69 Å². The number of rotatable bonds is 4. The molecule has 1 saturated heterocycles. The molecule has 24 heavy (non-hydrogen) atoms. The number of hydrogen-bond donors (Lipinski definition) is 2. The molecule has 1 aromatic heterocycles. The first kappa shape index (κ1) is 16.7. The van der Waals surface area contributed by atoms with Gasteiger partial charge in [-0.25, -0.2) is 13.2 Å². The van der Waals surface area contributed by atoms with Crippen LogP contribution in [0.2, 0.25) is 0 Å². The number of nitrogens with zero attached hydrogens (tertiary/aromatic N) is 2. The molecule has 0 aliphatic carbocycles. The largest absolute Gasteiger partial charge is 0.336 e. The summed E-state index contributed by atoms with van der Waals surface area (Å²) in [7, 11) is -3.22. The molecule has 0 unspecified atom stereocenters. The molecule has 8 nitrogen and oxygen atoms in total. The highest BCUT2D eigenvalue weighted by Gasteiger charge is 2.28. The van der Waals surface area contributed by atoms with E-state index in [1.807, 2.05) is 6.92 Å². The fourth-order valence-electron chi connectivity index (χ4n) is 2.90. The number of carbonyl (C=O) groups excluding carboxylic acids is 1. The number of fused-ring (bicyclic) bond motifs is 1. The minimum atomic E-state index is -3.22. The van der Waals surface area contributed by atoms with E-state index in [1.54, 1.807) is 23.1 Å². The zero-order chi connectivity index (χ0) is 17.3. The first-order chi connectivity index (χ1) is 11.4. The first-order valence-corrected chi connectivity index (χ1v) is 9.51. The Morgan fingerprint density at radius 2 is 1.79 bits per heavy atom. The van der Waals surface area contributed by atoms with Gasteiger partial charge < -0.3 is 14.9 Å². The van der Waals surface area contributed by atoms with Gasteiger partial charge in [-0.3, -0.25) is 4.79 Å². The third-order valence-electron chi connectivity index (χ3n) is 4.14. The van der Waals surface area contributed by atoms with E-state index in [2.05, 4.69) is 9.97 Å². The third-order valence-corrected chi connectivity index (χ3v) is 6.22. The second-order valence-corrected chi connectivity index (χ2v) is 7.94. The lowest BCUT2D eigenvalue weighted by Crippen LogP contribution is -2.51. The molecule has 2 heterocycles. The number of carbonyl (C=O) groups is 1. The quantitative estimate of drug-likeness (QED) is 0.828. The lowest BCUT2D eigenvalue weighted by molar-refractivity contribution is 0.0698. The van der Waals surface area contributed by atoms with Crippen molar-refractivity contribution in [2.75, 3.05) is 31.9 Å². The zero-order valence-corrected chi connectivity index (χ0v) is 14.2. The summed E-state index contributed by atoms with van der Waals surface area (Å²) in [5.74, 6) is -0.0233. The van der Waals surface area contributed by atoms with Gasteiger partial charge in [0.1, 0.15) is 0 Å². The summed E-state index contributed by atoms with van der Waals surface area (Å²) in [4.78, 5) is 30.8. The van der Waals surface area contributed by atoms with Crippen molar-refractivity contribution in [3.63, 3.8) is 0 Å². The van der Waals surface area contributed by atoms with Gasteiger partial charge in [0, 0.05) is 31.7 Å². The van der Waals surface area contributed by atoms with Gasteiger partial charge in [-0.1, -0.05) is 6.92 Å². The monoisotopic (exact) mass is 352 g/mol. The Morgan fingerprint density at radius 3 is 2.46 bits per heavy atom. The van der Waals surface area contributed by atoms with E-state index in [4.69, 9.17) is 0 Å². The van der Waals surface area contributed by atoms with E-state index >= 15 is 0 Å².